The molecule has 5 nitrogen and oxygen atoms in total. The molecule has 0 bridgehead atoms. The number of hydrogen-bond donors (Lipinski definition) is 3. The second kappa shape index (κ2) is 8.17. The van der Waals surface area contributed by atoms with Gasteiger partial charge in [0.2, 0.25) is 5.91 Å². The largest absolute Gasteiger partial charge is 0.416 e. The molecule has 2 aromatic rings. The molecule has 2 rings (SSSR count). The van der Waals surface area contributed by atoms with Crippen molar-refractivity contribution in [3.63, 3.8) is 0 Å². The molecule has 0 fully saturated rings. The molecule has 0 aliphatic heterocycles. The summed E-state index contributed by atoms with van der Waals surface area (Å²) in [6.45, 7) is 0. The van der Waals surface area contributed by atoms with Crippen LogP contribution in [0.5, 0.6) is 0 Å². The maximum absolute atomic E-state index is 13.7. The molecule has 0 aliphatic carbocycles. The van der Waals surface area contributed by atoms with Gasteiger partial charge >= 0.3 is 6.18 Å². The first kappa shape index (κ1) is 20.4. The van der Waals surface area contributed by atoms with Crippen molar-refractivity contribution >= 4 is 11.8 Å². The van der Waals surface area contributed by atoms with E-state index in [2.05, 4.69) is 5.32 Å². The number of nitrogens with one attached hydrogen (secondary N) is 1. The molecule has 0 aliphatic rings. The number of halogens is 4. The molecule has 9 heteroatoms. The van der Waals surface area contributed by atoms with E-state index in [1.165, 1.54) is 24.3 Å². The molecule has 0 saturated carbocycles. The molecule has 2 amide bonds. The second-order valence-electron chi connectivity index (χ2n) is 5.78. The highest BCUT2D eigenvalue weighted by molar-refractivity contribution is 5.89. The van der Waals surface area contributed by atoms with Crippen LogP contribution in [-0.2, 0) is 22.2 Å². The highest BCUT2D eigenvalue weighted by Gasteiger charge is 2.31. The summed E-state index contributed by atoms with van der Waals surface area (Å²) < 4.78 is 51.4. The minimum Gasteiger partial charge on any atom is -0.378 e. The highest BCUT2D eigenvalue weighted by Crippen LogP contribution is 2.30. The van der Waals surface area contributed by atoms with E-state index < -0.39 is 41.5 Å². The van der Waals surface area contributed by atoms with Crippen LogP contribution < -0.4 is 11.1 Å². The van der Waals surface area contributed by atoms with Crippen molar-refractivity contribution in [3.05, 3.63) is 71.0 Å². The predicted octanol–water partition coefficient (Wildman–Crippen LogP) is 2.09. The zero-order valence-electron chi connectivity index (χ0n) is 13.8. The van der Waals surface area contributed by atoms with Crippen LogP contribution in [0.15, 0.2) is 48.5 Å². The number of amides is 2. The number of rotatable bonds is 6. The van der Waals surface area contributed by atoms with E-state index in [4.69, 9.17) is 5.73 Å². The van der Waals surface area contributed by atoms with Crippen LogP contribution in [0.2, 0.25) is 0 Å². The zero-order chi connectivity index (χ0) is 20.2. The number of aliphatic hydroxyl groups is 1. The number of hydrogen-bond acceptors (Lipinski definition) is 3. The zero-order valence-corrected chi connectivity index (χ0v) is 13.8. The number of carbonyl (C=O) groups is 2. The molecule has 4 N–H and O–H groups in total. The van der Waals surface area contributed by atoms with Gasteiger partial charge in [0.05, 0.1) is 5.56 Å². The minimum absolute atomic E-state index is 0.102. The first-order valence-corrected chi connectivity index (χ1v) is 7.78. The lowest BCUT2D eigenvalue weighted by Crippen LogP contribution is -2.47. The summed E-state index contributed by atoms with van der Waals surface area (Å²) in [5.74, 6) is -2.59. The fraction of sp³-hybridized carbons (Fsp3) is 0.222. The summed E-state index contributed by atoms with van der Waals surface area (Å²) in [4.78, 5) is 23.7. The Hall–Kier alpha value is -2.94. The Labute approximate surface area is 151 Å². The predicted molar refractivity (Wildman–Crippen MR) is 87.6 cm³/mol. The average Bonchev–Trinajstić information content (AvgIpc) is 2.61. The van der Waals surface area contributed by atoms with Crippen molar-refractivity contribution in [3.8, 4) is 0 Å². The van der Waals surface area contributed by atoms with E-state index in [-0.39, 0.29) is 17.5 Å². The Balaban J connectivity index is 2.10. The molecular weight excluding hydrogens is 368 g/mol. The Morgan fingerprint density at radius 3 is 2.19 bits per heavy atom. The standard InChI is InChI=1S/C18H16F4N2O3/c19-13-4-2-1-3-11(13)9-14(16(23)26)24-17(27)15(25)10-5-7-12(8-6-10)18(20,21)22/h1-8,14-15,25H,9H2,(H2,23,26)(H,24,27)/t14-,15-/m0/s1. The fourth-order valence-corrected chi connectivity index (χ4v) is 2.36. The Morgan fingerprint density at radius 1 is 1.07 bits per heavy atom. The Kier molecular flexibility index (Phi) is 6.17. The van der Waals surface area contributed by atoms with Crippen LogP contribution in [0.3, 0.4) is 0 Å². The van der Waals surface area contributed by atoms with Crippen LogP contribution in [0.25, 0.3) is 0 Å². The minimum atomic E-state index is -4.55. The quantitative estimate of drug-likeness (QED) is 0.666. The lowest BCUT2D eigenvalue weighted by atomic mass is 10.0. The van der Waals surface area contributed by atoms with Gasteiger partial charge in [-0.1, -0.05) is 30.3 Å². The van der Waals surface area contributed by atoms with Crippen molar-refractivity contribution in [1.82, 2.24) is 5.32 Å². The van der Waals surface area contributed by atoms with Crippen LogP contribution in [0.4, 0.5) is 17.6 Å². The third-order valence-corrected chi connectivity index (χ3v) is 3.84. The average molecular weight is 384 g/mol. The molecule has 144 valence electrons. The van der Waals surface area contributed by atoms with Crippen LogP contribution >= 0.6 is 0 Å². The molecular formula is C18H16F4N2O3. The normalized spacial score (nSPS) is 13.7. The summed E-state index contributed by atoms with van der Waals surface area (Å²) in [5.41, 5.74) is 4.30. The van der Waals surface area contributed by atoms with Gasteiger partial charge in [-0.25, -0.2) is 4.39 Å². The first-order valence-electron chi connectivity index (χ1n) is 7.78. The third kappa shape index (κ3) is 5.27. The van der Waals surface area contributed by atoms with Gasteiger partial charge in [0.1, 0.15) is 11.9 Å². The molecule has 2 aromatic carbocycles. The van der Waals surface area contributed by atoms with Gasteiger partial charge in [-0.3, -0.25) is 9.59 Å². The summed E-state index contributed by atoms with van der Waals surface area (Å²) >= 11 is 0. The molecule has 2 atom stereocenters. The van der Waals surface area contributed by atoms with Crippen molar-refractivity contribution in [2.24, 2.45) is 5.73 Å². The monoisotopic (exact) mass is 384 g/mol. The lowest BCUT2D eigenvalue weighted by molar-refractivity contribution is -0.137. The van der Waals surface area contributed by atoms with E-state index in [1.54, 1.807) is 0 Å². The number of benzene rings is 2. The molecule has 0 unspecified atom stereocenters. The maximum Gasteiger partial charge on any atom is 0.416 e. The molecule has 27 heavy (non-hydrogen) atoms. The first-order chi connectivity index (χ1) is 12.6. The van der Waals surface area contributed by atoms with Gasteiger partial charge in [0, 0.05) is 6.42 Å². The summed E-state index contributed by atoms with van der Waals surface area (Å²) in [6.07, 6.45) is -6.62. The van der Waals surface area contributed by atoms with Crippen molar-refractivity contribution in [2.45, 2.75) is 24.7 Å². The van der Waals surface area contributed by atoms with Crippen LogP contribution in [0.1, 0.15) is 22.8 Å². The van der Waals surface area contributed by atoms with Gasteiger partial charge in [-0.05, 0) is 29.3 Å². The number of primary amides is 1. The smallest absolute Gasteiger partial charge is 0.378 e. The van der Waals surface area contributed by atoms with Crippen LogP contribution in [0, 0.1) is 5.82 Å². The van der Waals surface area contributed by atoms with Gasteiger partial charge in [0.25, 0.3) is 5.91 Å². The second-order valence-corrected chi connectivity index (χ2v) is 5.78. The Morgan fingerprint density at radius 2 is 1.67 bits per heavy atom. The fourth-order valence-electron chi connectivity index (χ4n) is 2.36. The van der Waals surface area contributed by atoms with Crippen molar-refractivity contribution in [1.29, 1.82) is 0 Å². The van der Waals surface area contributed by atoms with E-state index in [0.717, 1.165) is 24.3 Å². The Bertz CT molecular complexity index is 822. The number of nitrogens with two attached hydrogens (primary N) is 1. The van der Waals surface area contributed by atoms with Gasteiger partial charge in [-0.2, -0.15) is 13.2 Å². The van der Waals surface area contributed by atoms with E-state index in [1.807, 2.05) is 0 Å². The van der Waals surface area contributed by atoms with E-state index >= 15 is 0 Å². The number of carbonyl (C=O) groups excluding carboxylic acids is 2. The topological polar surface area (TPSA) is 92.4 Å². The highest BCUT2D eigenvalue weighted by atomic mass is 19.4. The SMILES string of the molecule is NC(=O)[C@H](Cc1ccccc1F)NC(=O)[C@@H](O)c1ccc(C(F)(F)F)cc1. The van der Waals surface area contributed by atoms with Crippen molar-refractivity contribution in [2.75, 3.05) is 0 Å². The van der Waals surface area contributed by atoms with Gasteiger partial charge in [-0.15, -0.1) is 0 Å². The molecule has 0 radical (unpaired) electrons. The third-order valence-electron chi connectivity index (χ3n) is 3.84. The lowest BCUT2D eigenvalue weighted by Gasteiger charge is -2.19. The summed E-state index contributed by atoms with van der Waals surface area (Å²) in [7, 11) is 0. The molecule has 0 heterocycles. The van der Waals surface area contributed by atoms with E-state index in [9.17, 15) is 32.3 Å². The molecule has 0 saturated heterocycles. The van der Waals surface area contributed by atoms with E-state index in [0.29, 0.717) is 0 Å². The van der Waals surface area contributed by atoms with Gasteiger partial charge in [0.15, 0.2) is 6.10 Å². The number of alkyl halides is 3. The van der Waals surface area contributed by atoms with Crippen LogP contribution in [-0.4, -0.2) is 23.0 Å². The maximum atomic E-state index is 13.7. The summed E-state index contributed by atoms with van der Waals surface area (Å²) in [6, 6.07) is 7.59. The van der Waals surface area contributed by atoms with Gasteiger partial charge < -0.3 is 16.2 Å². The molecule has 0 spiro atoms. The molecule has 0 aromatic heterocycles. The summed E-state index contributed by atoms with van der Waals surface area (Å²) in [5, 5.41) is 12.2. The number of aliphatic hydroxyl groups excluding tert-OH is 1. The van der Waals surface area contributed by atoms with Crippen molar-refractivity contribution < 1.29 is 32.3 Å².